The molecule has 0 aliphatic rings. The third kappa shape index (κ3) is 7.99. The van der Waals surface area contributed by atoms with Gasteiger partial charge in [0.05, 0.1) is 13.0 Å². The van der Waals surface area contributed by atoms with Gasteiger partial charge in [-0.15, -0.1) is 0 Å². The number of carbonyl (C=O) groups is 1. The van der Waals surface area contributed by atoms with E-state index in [2.05, 4.69) is 9.99 Å². The number of fused-ring (bicyclic) bond motifs is 1. The van der Waals surface area contributed by atoms with Gasteiger partial charge in [-0.2, -0.15) is 0 Å². The minimum atomic E-state index is -4.53. The third-order valence-electron chi connectivity index (χ3n) is 4.95. The van der Waals surface area contributed by atoms with E-state index in [-0.39, 0.29) is 84.5 Å². The van der Waals surface area contributed by atoms with Gasteiger partial charge in [0.1, 0.15) is 5.75 Å². The predicted molar refractivity (Wildman–Crippen MR) is 111 cm³/mol. The first-order chi connectivity index (χ1) is 14.3. The summed E-state index contributed by atoms with van der Waals surface area (Å²) in [6.45, 7) is 2.72. The van der Waals surface area contributed by atoms with Gasteiger partial charge in [0.25, 0.3) is 0 Å². The van der Waals surface area contributed by atoms with Crippen LogP contribution in [0.25, 0.3) is 10.9 Å². The Kier molecular flexibility index (Phi) is 12.2. The van der Waals surface area contributed by atoms with Crippen molar-refractivity contribution < 1.29 is 83.0 Å². The van der Waals surface area contributed by atoms with Gasteiger partial charge in [-0.3, -0.25) is 10.2 Å². The van der Waals surface area contributed by atoms with Crippen LogP contribution in [0, 0.1) is 6.92 Å². The first-order valence-electron chi connectivity index (χ1n) is 9.57. The fourth-order valence-corrected chi connectivity index (χ4v) is 3.99. The molecule has 11 heteroatoms. The molecule has 0 saturated carbocycles. The zero-order chi connectivity index (χ0) is 21.7. The van der Waals surface area contributed by atoms with Crippen LogP contribution < -0.4 is 84.9 Å². The van der Waals surface area contributed by atoms with Crippen molar-refractivity contribution in [2.45, 2.75) is 26.3 Å². The second-order valence-corrected chi connectivity index (χ2v) is 8.76. The molecule has 0 bridgehead atoms. The number of aromatic nitrogens is 1. The number of hydrogen-bond acceptors (Lipinski definition) is 6. The SMILES string of the molecule is Cc1c(CC(=O)NN)c2cc(OCCCP(=O)([O-])[O-])ccc2n1Cc1ccccc1.[Na+].[Na+]. The van der Waals surface area contributed by atoms with Crippen molar-refractivity contribution in [2.24, 2.45) is 5.84 Å². The number of benzene rings is 2. The molecule has 0 unspecified atom stereocenters. The zero-order valence-electron chi connectivity index (χ0n) is 18.7. The Hall–Kier alpha value is -0.640. The Bertz CT molecular complexity index is 1090. The van der Waals surface area contributed by atoms with Crippen molar-refractivity contribution in [1.29, 1.82) is 0 Å². The maximum Gasteiger partial charge on any atom is 1.00 e. The van der Waals surface area contributed by atoms with Crippen LogP contribution >= 0.6 is 7.60 Å². The molecule has 0 fully saturated rings. The van der Waals surface area contributed by atoms with E-state index in [0.717, 1.165) is 27.7 Å². The number of rotatable bonds is 9. The van der Waals surface area contributed by atoms with Crippen LogP contribution in [0.15, 0.2) is 48.5 Å². The number of amides is 1. The second-order valence-electron chi connectivity index (χ2n) is 7.10. The molecule has 0 spiro atoms. The molecule has 0 saturated heterocycles. The van der Waals surface area contributed by atoms with Gasteiger partial charge in [0.2, 0.25) is 5.91 Å². The monoisotopic (exact) mass is 475 g/mol. The molecule has 32 heavy (non-hydrogen) atoms. The van der Waals surface area contributed by atoms with Gasteiger partial charge < -0.3 is 23.7 Å². The Morgan fingerprint density at radius 2 is 1.84 bits per heavy atom. The molecule has 1 amide bonds. The molecule has 2 aromatic carbocycles. The molecular weight excluding hydrogens is 451 g/mol. The van der Waals surface area contributed by atoms with Crippen LogP contribution in [-0.4, -0.2) is 23.2 Å². The van der Waals surface area contributed by atoms with E-state index < -0.39 is 13.8 Å². The summed E-state index contributed by atoms with van der Waals surface area (Å²) in [5.74, 6) is 5.53. The van der Waals surface area contributed by atoms with Gasteiger partial charge in [0.15, 0.2) is 0 Å². The summed E-state index contributed by atoms with van der Waals surface area (Å²) in [4.78, 5) is 33.5. The topological polar surface area (TPSA) is 132 Å². The predicted octanol–water partition coefficient (Wildman–Crippen LogP) is -4.78. The molecule has 3 rings (SSSR count). The van der Waals surface area contributed by atoms with Crippen molar-refractivity contribution in [1.82, 2.24) is 9.99 Å². The molecular formula is C21H24N3Na2O5P. The normalized spacial score (nSPS) is 10.9. The largest absolute Gasteiger partial charge is 1.00 e. The zero-order valence-corrected chi connectivity index (χ0v) is 23.6. The molecule has 3 N–H and O–H groups in total. The minimum Gasteiger partial charge on any atom is -0.811 e. The maximum atomic E-state index is 12.0. The van der Waals surface area contributed by atoms with Crippen LogP contribution in [0.3, 0.4) is 0 Å². The van der Waals surface area contributed by atoms with Crippen molar-refractivity contribution in [3.05, 3.63) is 65.4 Å². The molecule has 0 radical (unpaired) electrons. The van der Waals surface area contributed by atoms with Crippen LogP contribution in [0.2, 0.25) is 0 Å². The van der Waals surface area contributed by atoms with Crippen LogP contribution in [0.1, 0.15) is 23.2 Å². The van der Waals surface area contributed by atoms with E-state index in [0.29, 0.717) is 12.3 Å². The molecule has 0 aliphatic carbocycles. The molecule has 8 nitrogen and oxygen atoms in total. The van der Waals surface area contributed by atoms with Crippen molar-refractivity contribution in [2.75, 3.05) is 12.8 Å². The van der Waals surface area contributed by atoms with E-state index in [1.807, 2.05) is 49.4 Å². The summed E-state index contributed by atoms with van der Waals surface area (Å²) in [7, 11) is -4.53. The van der Waals surface area contributed by atoms with Crippen molar-refractivity contribution in [3.8, 4) is 5.75 Å². The minimum absolute atomic E-state index is 0. The van der Waals surface area contributed by atoms with E-state index in [4.69, 9.17) is 10.6 Å². The second kappa shape index (κ2) is 13.3. The summed E-state index contributed by atoms with van der Waals surface area (Å²) in [5.41, 5.74) is 6.05. The third-order valence-corrected chi connectivity index (χ3v) is 5.82. The maximum absolute atomic E-state index is 12.0. The van der Waals surface area contributed by atoms with E-state index in [9.17, 15) is 19.1 Å². The number of hydrazine groups is 1. The first-order valence-corrected chi connectivity index (χ1v) is 11.3. The van der Waals surface area contributed by atoms with Crippen molar-refractivity contribution >= 4 is 24.4 Å². The van der Waals surface area contributed by atoms with Gasteiger partial charge >= 0.3 is 59.1 Å². The average Bonchev–Trinajstić information content (AvgIpc) is 2.96. The van der Waals surface area contributed by atoms with Gasteiger partial charge in [-0.1, -0.05) is 37.9 Å². The number of nitrogens with two attached hydrogens (primary N) is 1. The van der Waals surface area contributed by atoms with E-state index in [1.54, 1.807) is 6.07 Å². The standard InChI is InChI=1S/C21H26N3O5P.2Na/c1-15-18(13-21(25)23-22)19-12-17(29-10-5-11-30(26,27)28)8-9-20(19)24(15)14-16-6-3-2-4-7-16;;/h2-4,6-9,12H,5,10-11,13-14,22H2,1H3,(H,23,25)(H2,26,27,28);;/q;2*+1/p-2. The molecule has 0 atom stereocenters. The van der Waals surface area contributed by atoms with Crippen LogP contribution in [0.5, 0.6) is 5.75 Å². The Labute approximate surface area is 231 Å². The van der Waals surface area contributed by atoms with Crippen molar-refractivity contribution in [3.63, 3.8) is 0 Å². The summed E-state index contributed by atoms with van der Waals surface area (Å²) in [5, 5.41) is 0.864. The van der Waals surface area contributed by atoms with Crippen LogP contribution in [-0.2, 0) is 22.3 Å². The van der Waals surface area contributed by atoms with Gasteiger partial charge in [-0.25, -0.2) is 5.84 Å². The quantitative estimate of drug-likeness (QED) is 0.0798. The number of hydrogen-bond donors (Lipinski definition) is 2. The fraction of sp³-hybridized carbons (Fsp3) is 0.286. The fourth-order valence-electron chi connectivity index (χ4n) is 3.47. The molecule has 1 aromatic heterocycles. The summed E-state index contributed by atoms with van der Waals surface area (Å²) >= 11 is 0. The molecule has 160 valence electrons. The number of nitrogens with zero attached hydrogens (tertiary/aromatic N) is 1. The average molecular weight is 475 g/mol. The summed E-state index contributed by atoms with van der Waals surface area (Å²) in [6, 6.07) is 15.5. The summed E-state index contributed by atoms with van der Waals surface area (Å²) < 4.78 is 18.5. The first kappa shape index (κ1) is 29.4. The van der Waals surface area contributed by atoms with E-state index >= 15 is 0 Å². The van der Waals surface area contributed by atoms with Crippen LogP contribution in [0.4, 0.5) is 0 Å². The summed E-state index contributed by atoms with van der Waals surface area (Å²) in [6.07, 6.45) is -0.192. The Morgan fingerprint density at radius 3 is 2.47 bits per heavy atom. The Morgan fingerprint density at radius 1 is 1.16 bits per heavy atom. The number of nitrogens with one attached hydrogen (secondary N) is 1. The number of carbonyl (C=O) groups excluding carboxylic acids is 1. The molecule has 1 heterocycles. The van der Waals surface area contributed by atoms with Gasteiger partial charge in [0, 0.05) is 23.1 Å². The van der Waals surface area contributed by atoms with Gasteiger partial charge in [-0.05, 0) is 48.8 Å². The molecule has 3 aromatic rings. The smallest absolute Gasteiger partial charge is 0.811 e. The molecule has 0 aliphatic heterocycles. The Balaban J connectivity index is 0.00000256. The van der Waals surface area contributed by atoms with E-state index in [1.165, 1.54) is 0 Å². The number of ether oxygens (including phenoxy) is 1.